The summed E-state index contributed by atoms with van der Waals surface area (Å²) in [5.41, 5.74) is 0.595. The zero-order chi connectivity index (χ0) is 11.3. The second kappa shape index (κ2) is 5.69. The third-order valence-electron chi connectivity index (χ3n) is 4.24. The van der Waals surface area contributed by atoms with Gasteiger partial charge in [-0.3, -0.25) is 0 Å². The number of rotatable bonds is 0. The first-order valence-corrected chi connectivity index (χ1v) is 6.96. The van der Waals surface area contributed by atoms with E-state index in [4.69, 9.17) is 0 Å². The Morgan fingerprint density at radius 1 is 1.00 bits per heavy atom. The van der Waals surface area contributed by atoms with Crippen molar-refractivity contribution in [1.82, 2.24) is 0 Å². The summed E-state index contributed by atoms with van der Waals surface area (Å²) >= 11 is 1.71. The predicted octanol–water partition coefficient (Wildman–Crippen LogP) is 5.22. The highest BCUT2D eigenvalue weighted by Crippen LogP contribution is 2.44. The fourth-order valence-electron chi connectivity index (χ4n) is 2.19. The van der Waals surface area contributed by atoms with Crippen molar-refractivity contribution >= 4 is 11.3 Å². The molecule has 1 aromatic rings. The summed E-state index contributed by atoms with van der Waals surface area (Å²) in [5.74, 6) is 1.85. The molecule has 2 atom stereocenters. The Bertz CT molecular complexity index is 219. The minimum absolute atomic E-state index is 0.595. The van der Waals surface area contributed by atoms with E-state index >= 15 is 0 Å². The standard InChI is InChI=1S/C10H20.C4H4S/c1-8-6-5-7-9(2)10(8,3)4;1-2-4-5-3-1/h8-9H,5-7H2,1-4H3;1-4H. The Labute approximate surface area is 98.7 Å². The van der Waals surface area contributed by atoms with Crippen LogP contribution in [0.25, 0.3) is 0 Å². The van der Waals surface area contributed by atoms with Crippen LogP contribution in [0.4, 0.5) is 0 Å². The number of hydrogen-bond donors (Lipinski definition) is 0. The average molecular weight is 224 g/mol. The van der Waals surface area contributed by atoms with Gasteiger partial charge in [0.25, 0.3) is 0 Å². The van der Waals surface area contributed by atoms with Crippen LogP contribution in [0.1, 0.15) is 47.0 Å². The molecule has 2 rings (SSSR count). The monoisotopic (exact) mass is 224 g/mol. The van der Waals surface area contributed by atoms with E-state index in [9.17, 15) is 0 Å². The van der Waals surface area contributed by atoms with Gasteiger partial charge in [0.1, 0.15) is 0 Å². The van der Waals surface area contributed by atoms with Gasteiger partial charge in [0.05, 0.1) is 0 Å². The van der Waals surface area contributed by atoms with Crippen molar-refractivity contribution in [2.75, 3.05) is 0 Å². The van der Waals surface area contributed by atoms with Gasteiger partial charge in [-0.05, 0) is 28.0 Å². The molecule has 1 aliphatic carbocycles. The molecule has 0 bridgehead atoms. The van der Waals surface area contributed by atoms with Crippen LogP contribution in [0.3, 0.4) is 0 Å². The molecule has 0 amide bonds. The number of thiophene rings is 1. The molecule has 1 heteroatoms. The largest absolute Gasteiger partial charge is 0.152 e. The lowest BCUT2D eigenvalue weighted by Gasteiger charge is -2.42. The molecule has 0 nitrogen and oxygen atoms in total. The fourth-order valence-corrected chi connectivity index (χ4v) is 2.64. The van der Waals surface area contributed by atoms with E-state index in [1.807, 2.05) is 22.9 Å². The van der Waals surface area contributed by atoms with E-state index in [1.165, 1.54) is 19.3 Å². The van der Waals surface area contributed by atoms with Crippen LogP contribution < -0.4 is 0 Å². The van der Waals surface area contributed by atoms with Gasteiger partial charge in [0.15, 0.2) is 0 Å². The van der Waals surface area contributed by atoms with Gasteiger partial charge in [-0.2, -0.15) is 11.3 Å². The molecule has 1 aliphatic rings. The third-order valence-corrected chi connectivity index (χ3v) is 4.87. The second-order valence-electron chi connectivity index (χ2n) is 5.35. The Kier molecular flexibility index (Phi) is 4.85. The molecule has 1 fully saturated rings. The summed E-state index contributed by atoms with van der Waals surface area (Å²) in [6.45, 7) is 9.63. The van der Waals surface area contributed by atoms with E-state index in [0.29, 0.717) is 5.41 Å². The molecular formula is C14H24S. The molecule has 86 valence electrons. The Morgan fingerprint density at radius 3 is 1.73 bits per heavy atom. The summed E-state index contributed by atoms with van der Waals surface area (Å²) in [7, 11) is 0. The van der Waals surface area contributed by atoms with E-state index in [2.05, 4.69) is 27.7 Å². The highest BCUT2D eigenvalue weighted by Gasteiger charge is 2.34. The molecule has 1 saturated carbocycles. The molecule has 2 unspecified atom stereocenters. The van der Waals surface area contributed by atoms with Gasteiger partial charge < -0.3 is 0 Å². The van der Waals surface area contributed by atoms with E-state index in [-0.39, 0.29) is 0 Å². The maximum absolute atomic E-state index is 2.42. The van der Waals surface area contributed by atoms with Gasteiger partial charge in [-0.1, -0.05) is 59.1 Å². The molecule has 1 heterocycles. The fraction of sp³-hybridized carbons (Fsp3) is 0.714. The summed E-state index contributed by atoms with van der Waals surface area (Å²) in [6.07, 6.45) is 4.33. The van der Waals surface area contributed by atoms with Crippen LogP contribution >= 0.6 is 11.3 Å². The van der Waals surface area contributed by atoms with Crippen molar-refractivity contribution in [3.05, 3.63) is 22.9 Å². The van der Waals surface area contributed by atoms with Crippen LogP contribution in [-0.4, -0.2) is 0 Å². The van der Waals surface area contributed by atoms with E-state index in [1.54, 1.807) is 11.3 Å². The van der Waals surface area contributed by atoms with Gasteiger partial charge >= 0.3 is 0 Å². The topological polar surface area (TPSA) is 0 Å². The van der Waals surface area contributed by atoms with Crippen molar-refractivity contribution in [2.24, 2.45) is 17.3 Å². The molecule has 15 heavy (non-hydrogen) atoms. The Hall–Kier alpha value is -0.300. The van der Waals surface area contributed by atoms with Crippen LogP contribution in [0.2, 0.25) is 0 Å². The summed E-state index contributed by atoms with van der Waals surface area (Å²) < 4.78 is 0. The Morgan fingerprint density at radius 2 is 1.47 bits per heavy atom. The molecule has 0 aliphatic heterocycles. The minimum atomic E-state index is 0.595. The normalized spacial score (nSPS) is 29.1. The molecule has 0 aromatic carbocycles. The molecule has 0 radical (unpaired) electrons. The van der Waals surface area contributed by atoms with E-state index < -0.39 is 0 Å². The van der Waals surface area contributed by atoms with Crippen molar-refractivity contribution in [3.8, 4) is 0 Å². The lowest BCUT2D eigenvalue weighted by Crippen LogP contribution is -2.32. The zero-order valence-electron chi connectivity index (χ0n) is 10.5. The quantitative estimate of drug-likeness (QED) is 0.567. The predicted molar refractivity (Wildman–Crippen MR) is 70.3 cm³/mol. The molecule has 1 aromatic heterocycles. The van der Waals surface area contributed by atoms with Gasteiger partial charge in [0.2, 0.25) is 0 Å². The first-order chi connectivity index (χ1) is 7.05. The second-order valence-corrected chi connectivity index (χ2v) is 6.16. The van der Waals surface area contributed by atoms with Crippen molar-refractivity contribution in [1.29, 1.82) is 0 Å². The highest BCUT2D eigenvalue weighted by atomic mass is 32.1. The van der Waals surface area contributed by atoms with Crippen LogP contribution in [0.5, 0.6) is 0 Å². The van der Waals surface area contributed by atoms with Gasteiger partial charge in [0, 0.05) is 0 Å². The van der Waals surface area contributed by atoms with Gasteiger partial charge in [-0.15, -0.1) is 0 Å². The Balaban J connectivity index is 0.000000187. The lowest BCUT2D eigenvalue weighted by atomic mass is 9.64. The van der Waals surface area contributed by atoms with Crippen LogP contribution in [0.15, 0.2) is 22.9 Å². The maximum atomic E-state index is 2.42. The maximum Gasteiger partial charge on any atom is -0.00934 e. The van der Waals surface area contributed by atoms with Crippen LogP contribution in [-0.2, 0) is 0 Å². The molecular weight excluding hydrogens is 200 g/mol. The third kappa shape index (κ3) is 3.64. The first kappa shape index (κ1) is 12.8. The van der Waals surface area contributed by atoms with Gasteiger partial charge in [-0.25, -0.2) is 0 Å². The van der Waals surface area contributed by atoms with Crippen molar-refractivity contribution < 1.29 is 0 Å². The lowest BCUT2D eigenvalue weighted by molar-refractivity contribution is 0.0832. The summed E-state index contributed by atoms with van der Waals surface area (Å²) in [6, 6.07) is 4.04. The van der Waals surface area contributed by atoms with E-state index in [0.717, 1.165) is 11.8 Å². The zero-order valence-corrected chi connectivity index (χ0v) is 11.3. The molecule has 0 N–H and O–H groups in total. The highest BCUT2D eigenvalue weighted by molar-refractivity contribution is 7.07. The van der Waals surface area contributed by atoms with Crippen molar-refractivity contribution in [3.63, 3.8) is 0 Å². The summed E-state index contributed by atoms with van der Waals surface area (Å²) in [4.78, 5) is 0. The number of hydrogen-bond acceptors (Lipinski definition) is 1. The SMILES string of the molecule is CC1CCCC(C)C1(C)C.c1ccsc1. The smallest absolute Gasteiger partial charge is 0.00934 e. The van der Waals surface area contributed by atoms with Crippen LogP contribution in [0, 0.1) is 17.3 Å². The molecule has 0 spiro atoms. The van der Waals surface area contributed by atoms with Crippen molar-refractivity contribution in [2.45, 2.75) is 47.0 Å². The molecule has 0 saturated heterocycles. The average Bonchev–Trinajstić information content (AvgIpc) is 2.73. The first-order valence-electron chi connectivity index (χ1n) is 6.02. The minimum Gasteiger partial charge on any atom is -0.152 e. The summed E-state index contributed by atoms with van der Waals surface area (Å²) in [5, 5.41) is 4.08.